The van der Waals surface area contributed by atoms with Crippen LogP contribution in [0.1, 0.15) is 5.56 Å². The van der Waals surface area contributed by atoms with Gasteiger partial charge in [-0.1, -0.05) is 12.1 Å². The van der Waals surface area contributed by atoms with Crippen LogP contribution in [0.4, 0.5) is 0 Å². The van der Waals surface area contributed by atoms with Crippen molar-refractivity contribution < 1.29 is 27.4 Å². The van der Waals surface area contributed by atoms with Gasteiger partial charge in [-0.15, -0.1) is 0 Å². The van der Waals surface area contributed by atoms with Gasteiger partial charge in [0.1, 0.15) is 16.4 Å². The number of fused-ring (bicyclic) bond motifs is 1. The zero-order chi connectivity index (χ0) is 25.2. The van der Waals surface area contributed by atoms with Gasteiger partial charge in [0.05, 0.1) is 44.2 Å². The number of benzene rings is 3. The van der Waals surface area contributed by atoms with Crippen molar-refractivity contribution in [3.8, 4) is 23.0 Å². The molecule has 0 unspecified atom stereocenters. The Bertz CT molecular complexity index is 1540. The SMILES string of the molecule is COc1ccc(S(=O)(=O)c2cn(Cc3cccc(OC)c3)c3cc(OC)c(OC)cc3c2=O)cc1. The van der Waals surface area contributed by atoms with Crippen molar-refractivity contribution in [2.45, 2.75) is 16.3 Å². The van der Waals surface area contributed by atoms with Crippen molar-refractivity contribution in [3.63, 3.8) is 0 Å². The zero-order valence-corrected chi connectivity index (χ0v) is 20.6. The molecule has 0 spiro atoms. The summed E-state index contributed by atoms with van der Waals surface area (Å²) in [6.07, 6.45) is 1.37. The van der Waals surface area contributed by atoms with Gasteiger partial charge in [-0.2, -0.15) is 0 Å². The first-order valence-electron chi connectivity index (χ1n) is 10.6. The Labute approximate surface area is 203 Å². The van der Waals surface area contributed by atoms with E-state index >= 15 is 0 Å². The molecule has 35 heavy (non-hydrogen) atoms. The quantitative estimate of drug-likeness (QED) is 0.366. The molecule has 1 aromatic heterocycles. The molecule has 0 fully saturated rings. The highest BCUT2D eigenvalue weighted by molar-refractivity contribution is 7.91. The first-order valence-corrected chi connectivity index (χ1v) is 12.1. The van der Waals surface area contributed by atoms with Crippen LogP contribution in [-0.2, 0) is 16.4 Å². The molecule has 0 aliphatic carbocycles. The van der Waals surface area contributed by atoms with Crippen molar-refractivity contribution in [2.75, 3.05) is 28.4 Å². The molecule has 4 rings (SSSR count). The average Bonchev–Trinajstić information content (AvgIpc) is 2.89. The molecule has 0 N–H and O–H groups in total. The average molecular weight is 496 g/mol. The Morgan fingerprint density at radius 1 is 0.771 bits per heavy atom. The van der Waals surface area contributed by atoms with Crippen molar-refractivity contribution in [1.29, 1.82) is 0 Å². The topological polar surface area (TPSA) is 93.1 Å². The molecule has 182 valence electrons. The van der Waals surface area contributed by atoms with Crippen molar-refractivity contribution in [3.05, 3.63) is 82.6 Å². The molecule has 0 aliphatic heterocycles. The summed E-state index contributed by atoms with van der Waals surface area (Å²) in [7, 11) is 1.88. The number of nitrogens with zero attached hydrogens (tertiary/aromatic N) is 1. The first-order chi connectivity index (χ1) is 16.8. The minimum absolute atomic E-state index is 0.0110. The summed E-state index contributed by atoms with van der Waals surface area (Å²) >= 11 is 0. The monoisotopic (exact) mass is 495 g/mol. The highest BCUT2D eigenvalue weighted by atomic mass is 32.2. The molecule has 8 nitrogen and oxygen atoms in total. The third-order valence-electron chi connectivity index (χ3n) is 5.70. The summed E-state index contributed by atoms with van der Waals surface area (Å²) in [6.45, 7) is 0.286. The van der Waals surface area contributed by atoms with Crippen LogP contribution in [0.15, 0.2) is 81.4 Å². The Balaban J connectivity index is 1.98. The molecular formula is C26H25NO7S. The number of ether oxygens (including phenoxy) is 4. The van der Waals surface area contributed by atoms with E-state index in [1.165, 1.54) is 57.9 Å². The zero-order valence-electron chi connectivity index (χ0n) is 19.8. The number of sulfone groups is 1. The lowest BCUT2D eigenvalue weighted by Crippen LogP contribution is -2.20. The minimum atomic E-state index is -4.13. The highest BCUT2D eigenvalue weighted by Gasteiger charge is 2.25. The molecular weight excluding hydrogens is 470 g/mol. The van der Waals surface area contributed by atoms with E-state index in [4.69, 9.17) is 18.9 Å². The van der Waals surface area contributed by atoms with E-state index < -0.39 is 15.3 Å². The third kappa shape index (κ3) is 4.54. The fraction of sp³-hybridized carbons (Fsp3) is 0.192. The van der Waals surface area contributed by atoms with E-state index in [-0.39, 0.29) is 21.7 Å². The third-order valence-corrected chi connectivity index (χ3v) is 7.46. The second-order valence-electron chi connectivity index (χ2n) is 7.71. The van der Waals surface area contributed by atoms with Crippen LogP contribution in [-0.4, -0.2) is 41.4 Å². The van der Waals surface area contributed by atoms with Crippen LogP contribution in [0.5, 0.6) is 23.0 Å². The van der Waals surface area contributed by atoms with Gasteiger partial charge < -0.3 is 23.5 Å². The summed E-state index contributed by atoms with van der Waals surface area (Å²) in [6, 6.07) is 16.5. The fourth-order valence-electron chi connectivity index (χ4n) is 3.86. The van der Waals surface area contributed by atoms with Gasteiger partial charge in [0.2, 0.25) is 15.3 Å². The van der Waals surface area contributed by atoms with Crippen LogP contribution >= 0.6 is 0 Å². The molecule has 0 saturated heterocycles. The van der Waals surface area contributed by atoms with Crippen molar-refractivity contribution in [1.82, 2.24) is 4.57 Å². The molecule has 3 aromatic carbocycles. The normalized spacial score (nSPS) is 11.3. The molecule has 0 aliphatic rings. The van der Waals surface area contributed by atoms with Crippen molar-refractivity contribution >= 4 is 20.7 Å². The van der Waals surface area contributed by atoms with Gasteiger partial charge in [0, 0.05) is 18.8 Å². The fourth-order valence-corrected chi connectivity index (χ4v) is 5.23. The maximum absolute atomic E-state index is 13.6. The van der Waals surface area contributed by atoms with Gasteiger partial charge in [0.15, 0.2) is 11.5 Å². The van der Waals surface area contributed by atoms with Gasteiger partial charge >= 0.3 is 0 Å². The number of hydrogen-bond donors (Lipinski definition) is 0. The summed E-state index contributed by atoms with van der Waals surface area (Å²) < 4.78 is 50.1. The Morgan fingerprint density at radius 3 is 2.06 bits per heavy atom. The van der Waals surface area contributed by atoms with E-state index in [9.17, 15) is 13.2 Å². The Morgan fingerprint density at radius 2 is 1.43 bits per heavy atom. The summed E-state index contributed by atoms with van der Waals surface area (Å²) in [5.41, 5.74) is 0.736. The first kappa shape index (κ1) is 24.2. The Kier molecular flexibility index (Phi) is 6.70. The molecule has 0 radical (unpaired) electrons. The number of hydrogen-bond acceptors (Lipinski definition) is 7. The molecule has 0 amide bonds. The predicted octanol–water partition coefficient (Wildman–Crippen LogP) is 3.92. The standard InChI is InChI=1S/C26H25NO7S/c1-31-18-8-10-20(11-9-18)35(29,30)25-16-27(15-17-6-5-7-19(12-17)32-2)22-14-24(34-4)23(33-3)13-21(22)26(25)28/h5-14,16H,15H2,1-4H3. The second-order valence-corrected chi connectivity index (χ2v) is 9.62. The van der Waals surface area contributed by atoms with Gasteiger partial charge in [-0.25, -0.2) is 8.42 Å². The lowest BCUT2D eigenvalue weighted by Gasteiger charge is -2.17. The van der Waals surface area contributed by atoms with Gasteiger partial charge in [-0.3, -0.25) is 4.79 Å². The maximum atomic E-state index is 13.6. The number of rotatable bonds is 8. The van der Waals surface area contributed by atoms with E-state index in [0.29, 0.717) is 28.5 Å². The smallest absolute Gasteiger partial charge is 0.211 e. The van der Waals surface area contributed by atoms with Crippen LogP contribution in [0.2, 0.25) is 0 Å². The second kappa shape index (κ2) is 9.71. The predicted molar refractivity (Wildman–Crippen MR) is 132 cm³/mol. The van der Waals surface area contributed by atoms with E-state index in [2.05, 4.69) is 0 Å². The molecule has 1 heterocycles. The van der Waals surface area contributed by atoms with Crippen LogP contribution in [0.3, 0.4) is 0 Å². The molecule has 4 aromatic rings. The maximum Gasteiger partial charge on any atom is 0.211 e. The lowest BCUT2D eigenvalue weighted by molar-refractivity contribution is 0.355. The molecule has 0 saturated carbocycles. The van der Waals surface area contributed by atoms with Gasteiger partial charge in [-0.05, 0) is 48.0 Å². The van der Waals surface area contributed by atoms with Gasteiger partial charge in [0.25, 0.3) is 0 Å². The lowest BCUT2D eigenvalue weighted by atomic mass is 10.1. The summed E-state index contributed by atoms with van der Waals surface area (Å²) in [4.78, 5) is 13.2. The van der Waals surface area contributed by atoms with E-state index in [1.807, 2.05) is 24.3 Å². The highest BCUT2D eigenvalue weighted by Crippen LogP contribution is 2.32. The van der Waals surface area contributed by atoms with Crippen LogP contribution in [0.25, 0.3) is 10.9 Å². The molecule has 0 bridgehead atoms. The van der Waals surface area contributed by atoms with Crippen LogP contribution in [0, 0.1) is 0 Å². The number of pyridine rings is 1. The number of aromatic nitrogens is 1. The van der Waals surface area contributed by atoms with Crippen LogP contribution < -0.4 is 24.4 Å². The Hall–Kier alpha value is -3.98. The largest absolute Gasteiger partial charge is 0.497 e. The number of methoxy groups -OCH3 is 4. The molecule has 0 atom stereocenters. The molecule has 9 heteroatoms. The van der Waals surface area contributed by atoms with E-state index in [1.54, 1.807) is 17.7 Å². The minimum Gasteiger partial charge on any atom is -0.497 e. The van der Waals surface area contributed by atoms with Crippen molar-refractivity contribution in [2.24, 2.45) is 0 Å². The summed E-state index contributed by atoms with van der Waals surface area (Å²) in [5, 5.41) is 0.195. The van der Waals surface area contributed by atoms with E-state index in [0.717, 1.165) is 5.56 Å². The summed E-state index contributed by atoms with van der Waals surface area (Å²) in [5.74, 6) is 1.92.